The predicted molar refractivity (Wildman–Crippen MR) is 149 cm³/mol. The van der Waals surface area contributed by atoms with E-state index >= 15 is 0 Å². The van der Waals surface area contributed by atoms with Gasteiger partial charge in [-0.3, -0.25) is 14.5 Å². The Morgan fingerprint density at radius 1 is 1.15 bits per heavy atom. The van der Waals surface area contributed by atoms with Gasteiger partial charge in [0.2, 0.25) is 11.8 Å². The van der Waals surface area contributed by atoms with Crippen molar-refractivity contribution in [1.29, 1.82) is 0 Å². The molecule has 1 aromatic carbocycles. The van der Waals surface area contributed by atoms with Gasteiger partial charge < -0.3 is 20.3 Å². The molecule has 0 saturated carbocycles. The fourth-order valence-corrected chi connectivity index (χ4v) is 5.87. The summed E-state index contributed by atoms with van der Waals surface area (Å²) in [6, 6.07) is 13.9. The molecule has 0 bridgehead atoms. The topological polar surface area (TPSA) is 117 Å². The largest absolute Gasteiger partial charge is 0.439 e. The van der Waals surface area contributed by atoms with E-state index in [4.69, 9.17) is 4.74 Å². The Kier molecular flexibility index (Phi) is 6.41. The molecule has 1 saturated heterocycles. The van der Waals surface area contributed by atoms with Crippen molar-refractivity contribution in [3.05, 3.63) is 78.5 Å². The molecule has 2 aliphatic heterocycles. The SMILES string of the molecule is C=CC(=O)N1CCCC(NC(=O)c2sc3nccc4c3c2NC(=O)N4c2ccc(Oc3ccccc3)nc2)C1. The average molecular weight is 541 g/mol. The number of piperidine rings is 1. The first-order valence-corrected chi connectivity index (χ1v) is 13.3. The Hall–Kier alpha value is -4.77. The molecule has 0 radical (unpaired) electrons. The van der Waals surface area contributed by atoms with E-state index in [1.807, 2.05) is 30.3 Å². The minimum Gasteiger partial charge on any atom is -0.439 e. The van der Waals surface area contributed by atoms with Gasteiger partial charge in [0.15, 0.2) is 0 Å². The van der Waals surface area contributed by atoms with Gasteiger partial charge in [-0.1, -0.05) is 24.8 Å². The highest BCUT2D eigenvalue weighted by Crippen LogP contribution is 2.45. The highest BCUT2D eigenvalue weighted by Gasteiger charge is 2.34. The number of rotatable bonds is 6. The standard InChI is InChI=1S/C28H24N6O4S/c1-2-22(35)33-14-6-7-17(16-33)31-26(36)25-24-23-20(12-13-29-27(23)39-25)34(28(37)32-24)18-10-11-21(30-15-18)38-19-8-4-3-5-9-19/h2-5,8-13,15,17H,1,6-7,14,16H2,(H,31,36)(H,32,37). The number of hydrogen-bond donors (Lipinski definition) is 2. The van der Waals surface area contributed by atoms with Crippen molar-refractivity contribution in [3.8, 4) is 11.6 Å². The minimum absolute atomic E-state index is 0.152. The van der Waals surface area contributed by atoms with Crippen LogP contribution < -0.4 is 20.3 Å². The van der Waals surface area contributed by atoms with E-state index in [0.717, 1.165) is 12.8 Å². The van der Waals surface area contributed by atoms with E-state index in [0.29, 0.717) is 56.9 Å². The summed E-state index contributed by atoms with van der Waals surface area (Å²) >= 11 is 1.22. The summed E-state index contributed by atoms with van der Waals surface area (Å²) in [5.74, 6) is 0.593. The monoisotopic (exact) mass is 540 g/mol. The van der Waals surface area contributed by atoms with Crippen LogP contribution in [0.4, 0.5) is 21.9 Å². The number of aromatic nitrogens is 2. The molecule has 10 nitrogen and oxygen atoms in total. The average Bonchev–Trinajstić information content (AvgIpc) is 3.33. The van der Waals surface area contributed by atoms with Crippen LogP contribution >= 0.6 is 11.3 Å². The first-order chi connectivity index (χ1) is 19.0. The van der Waals surface area contributed by atoms with Gasteiger partial charge in [-0.2, -0.15) is 0 Å². The number of likely N-dealkylation sites (tertiary alicyclic amines) is 1. The highest BCUT2D eigenvalue weighted by atomic mass is 32.1. The van der Waals surface area contributed by atoms with Crippen molar-refractivity contribution in [2.24, 2.45) is 0 Å². The molecule has 196 valence electrons. The van der Waals surface area contributed by atoms with Gasteiger partial charge in [-0.15, -0.1) is 11.3 Å². The lowest BCUT2D eigenvalue weighted by Gasteiger charge is -2.32. The Morgan fingerprint density at radius 2 is 2.00 bits per heavy atom. The first-order valence-electron chi connectivity index (χ1n) is 12.5. The second-order valence-electron chi connectivity index (χ2n) is 9.15. The van der Waals surface area contributed by atoms with Gasteiger partial charge in [0.05, 0.1) is 28.6 Å². The molecule has 6 rings (SSSR count). The smallest absolute Gasteiger partial charge is 0.331 e. The second-order valence-corrected chi connectivity index (χ2v) is 10.2. The summed E-state index contributed by atoms with van der Waals surface area (Å²) in [6.45, 7) is 4.60. The summed E-state index contributed by atoms with van der Waals surface area (Å²) in [7, 11) is 0. The summed E-state index contributed by atoms with van der Waals surface area (Å²) in [4.78, 5) is 51.7. The van der Waals surface area contributed by atoms with Crippen LogP contribution in [0.15, 0.2) is 73.6 Å². The molecular weight excluding hydrogens is 516 g/mol. The molecule has 4 amide bonds. The number of amides is 4. The van der Waals surface area contributed by atoms with Gasteiger partial charge in [-0.25, -0.2) is 14.8 Å². The summed E-state index contributed by atoms with van der Waals surface area (Å²) < 4.78 is 5.77. The quantitative estimate of drug-likeness (QED) is 0.330. The molecule has 4 aromatic rings. The van der Waals surface area contributed by atoms with Crippen LogP contribution in [0.25, 0.3) is 10.2 Å². The van der Waals surface area contributed by atoms with Crippen LogP contribution in [-0.2, 0) is 4.79 Å². The number of urea groups is 1. The molecule has 0 aliphatic carbocycles. The summed E-state index contributed by atoms with van der Waals surface area (Å²) in [5, 5.41) is 6.61. The molecule has 5 heterocycles. The fourth-order valence-electron chi connectivity index (χ4n) is 4.85. The van der Waals surface area contributed by atoms with Gasteiger partial charge in [0.25, 0.3) is 5.91 Å². The van der Waals surface area contributed by atoms with Crippen LogP contribution in [0.1, 0.15) is 22.5 Å². The highest BCUT2D eigenvalue weighted by molar-refractivity contribution is 7.21. The van der Waals surface area contributed by atoms with Crippen LogP contribution in [-0.4, -0.2) is 51.8 Å². The maximum absolute atomic E-state index is 13.3. The first kappa shape index (κ1) is 24.6. The number of anilines is 3. The van der Waals surface area contributed by atoms with E-state index in [2.05, 4.69) is 27.2 Å². The van der Waals surface area contributed by atoms with Crippen LogP contribution in [0.3, 0.4) is 0 Å². The lowest BCUT2D eigenvalue weighted by atomic mass is 10.1. The van der Waals surface area contributed by atoms with Crippen molar-refractivity contribution in [2.75, 3.05) is 23.3 Å². The second kappa shape index (κ2) is 10.2. The zero-order valence-corrected chi connectivity index (χ0v) is 21.6. The number of benzene rings is 1. The third-order valence-electron chi connectivity index (χ3n) is 6.64. The predicted octanol–water partition coefficient (Wildman–Crippen LogP) is 5.07. The number of pyridine rings is 2. The molecule has 11 heteroatoms. The van der Waals surface area contributed by atoms with E-state index in [9.17, 15) is 14.4 Å². The number of thiophene rings is 1. The minimum atomic E-state index is -0.415. The van der Waals surface area contributed by atoms with Crippen LogP contribution in [0.5, 0.6) is 11.6 Å². The zero-order valence-electron chi connectivity index (χ0n) is 20.8. The van der Waals surface area contributed by atoms with E-state index in [1.165, 1.54) is 22.3 Å². The number of carbonyl (C=O) groups is 3. The molecule has 2 aliphatic rings. The summed E-state index contributed by atoms with van der Waals surface area (Å²) in [5.41, 5.74) is 1.58. The van der Waals surface area contributed by atoms with Gasteiger partial charge in [-0.05, 0) is 43.2 Å². The number of ether oxygens (including phenoxy) is 1. The zero-order chi connectivity index (χ0) is 26.9. The molecule has 3 aromatic heterocycles. The molecule has 39 heavy (non-hydrogen) atoms. The van der Waals surface area contributed by atoms with Crippen molar-refractivity contribution in [2.45, 2.75) is 18.9 Å². The van der Waals surface area contributed by atoms with Crippen LogP contribution in [0, 0.1) is 0 Å². The molecule has 1 unspecified atom stereocenters. The molecular formula is C28H24N6O4S. The van der Waals surface area contributed by atoms with E-state index < -0.39 is 6.03 Å². The number of carbonyl (C=O) groups excluding carboxylic acids is 3. The number of nitrogens with zero attached hydrogens (tertiary/aromatic N) is 4. The van der Waals surface area contributed by atoms with Crippen molar-refractivity contribution in [1.82, 2.24) is 20.2 Å². The van der Waals surface area contributed by atoms with E-state index in [-0.39, 0.29) is 17.9 Å². The van der Waals surface area contributed by atoms with Crippen molar-refractivity contribution >= 4 is 56.5 Å². The third-order valence-corrected chi connectivity index (χ3v) is 7.74. The lowest BCUT2D eigenvalue weighted by molar-refractivity contribution is -0.127. The van der Waals surface area contributed by atoms with E-state index in [1.54, 1.807) is 35.5 Å². The maximum Gasteiger partial charge on any atom is 0.331 e. The van der Waals surface area contributed by atoms with Gasteiger partial charge in [0, 0.05) is 31.4 Å². The lowest BCUT2D eigenvalue weighted by Crippen LogP contribution is -2.49. The molecule has 1 atom stereocenters. The maximum atomic E-state index is 13.3. The molecule has 2 N–H and O–H groups in total. The van der Waals surface area contributed by atoms with Crippen molar-refractivity contribution in [3.63, 3.8) is 0 Å². The number of nitrogens with one attached hydrogen (secondary N) is 2. The number of hydrogen-bond acceptors (Lipinski definition) is 7. The van der Waals surface area contributed by atoms with Crippen molar-refractivity contribution < 1.29 is 19.1 Å². The Bertz CT molecular complexity index is 1590. The van der Waals surface area contributed by atoms with Gasteiger partial charge in [0.1, 0.15) is 15.5 Å². The Balaban J connectivity index is 1.27. The Labute approximate surface area is 227 Å². The normalized spacial score (nSPS) is 16.5. The third kappa shape index (κ3) is 4.68. The Morgan fingerprint density at radius 3 is 2.77 bits per heavy atom. The van der Waals surface area contributed by atoms with Crippen LogP contribution in [0.2, 0.25) is 0 Å². The van der Waals surface area contributed by atoms with Gasteiger partial charge >= 0.3 is 6.03 Å². The fraction of sp³-hybridized carbons (Fsp3) is 0.179. The molecule has 1 fully saturated rings. The molecule has 0 spiro atoms. The number of para-hydroxylation sites is 1. The summed E-state index contributed by atoms with van der Waals surface area (Å²) in [6.07, 6.45) is 6.01.